The highest BCUT2D eigenvalue weighted by Crippen LogP contribution is 2.36. The lowest BCUT2D eigenvalue weighted by atomic mass is 10.1. The quantitative estimate of drug-likeness (QED) is 0.670. The van der Waals surface area contributed by atoms with Crippen LogP contribution in [0.2, 0.25) is 5.02 Å². The summed E-state index contributed by atoms with van der Waals surface area (Å²) < 4.78 is 0.994. The van der Waals surface area contributed by atoms with E-state index in [2.05, 4.69) is 22.9 Å². The topological polar surface area (TPSA) is 0 Å². The summed E-state index contributed by atoms with van der Waals surface area (Å²) in [6.07, 6.45) is 2.01. The first-order valence-corrected chi connectivity index (χ1v) is 5.85. The average Bonchev–Trinajstić information content (AvgIpc) is 2.04. The van der Waals surface area contributed by atoms with Gasteiger partial charge >= 0.3 is 0 Å². The number of alkyl halides is 1. The molecule has 0 spiro atoms. The summed E-state index contributed by atoms with van der Waals surface area (Å²) in [5.74, 6) is 0. The minimum atomic E-state index is 0.00748. The van der Waals surface area contributed by atoms with Crippen molar-refractivity contribution in [2.24, 2.45) is 0 Å². The minimum absolute atomic E-state index is 0.00748. The van der Waals surface area contributed by atoms with Gasteiger partial charge in [-0.2, -0.15) is 0 Å². The van der Waals surface area contributed by atoms with Crippen LogP contribution < -0.4 is 0 Å². The minimum Gasteiger partial charge on any atom is -0.118 e. The van der Waals surface area contributed by atoms with Crippen molar-refractivity contribution in [2.75, 3.05) is 0 Å². The van der Waals surface area contributed by atoms with E-state index in [4.69, 9.17) is 23.2 Å². The Bertz CT molecular complexity index is 266. The van der Waals surface area contributed by atoms with Crippen LogP contribution in [0.3, 0.4) is 0 Å². The molecule has 1 unspecified atom stereocenters. The SMILES string of the molecule is CCCC(Cl)c1c(Cl)cccc1Br. The molecule has 0 fully saturated rings. The van der Waals surface area contributed by atoms with Gasteiger partial charge in [-0.15, -0.1) is 11.6 Å². The smallest absolute Gasteiger partial charge is 0.0611 e. The Morgan fingerprint density at radius 2 is 2.15 bits per heavy atom. The molecule has 1 aromatic rings. The fourth-order valence-electron chi connectivity index (χ4n) is 1.21. The molecule has 0 heterocycles. The maximum atomic E-state index is 6.20. The van der Waals surface area contributed by atoms with E-state index in [1.54, 1.807) is 0 Å². The van der Waals surface area contributed by atoms with Gasteiger partial charge in [-0.3, -0.25) is 0 Å². The Morgan fingerprint density at radius 1 is 1.46 bits per heavy atom. The van der Waals surface area contributed by atoms with Crippen molar-refractivity contribution in [3.63, 3.8) is 0 Å². The van der Waals surface area contributed by atoms with Gasteiger partial charge in [0.2, 0.25) is 0 Å². The summed E-state index contributed by atoms with van der Waals surface area (Å²) >= 11 is 15.7. The molecule has 0 aromatic heterocycles. The van der Waals surface area contributed by atoms with Gasteiger partial charge in [-0.05, 0) is 18.6 Å². The van der Waals surface area contributed by atoms with Crippen molar-refractivity contribution in [3.8, 4) is 0 Å². The molecule has 0 bridgehead atoms. The zero-order chi connectivity index (χ0) is 9.84. The van der Waals surface area contributed by atoms with Crippen molar-refractivity contribution in [1.82, 2.24) is 0 Å². The largest absolute Gasteiger partial charge is 0.118 e. The van der Waals surface area contributed by atoms with Gasteiger partial charge in [0.15, 0.2) is 0 Å². The number of halogens is 3. The first-order valence-electron chi connectivity index (χ1n) is 4.24. The van der Waals surface area contributed by atoms with Crippen molar-refractivity contribution in [1.29, 1.82) is 0 Å². The lowest BCUT2D eigenvalue weighted by Crippen LogP contribution is -1.92. The highest BCUT2D eigenvalue weighted by Gasteiger charge is 2.13. The first-order chi connectivity index (χ1) is 6.16. The van der Waals surface area contributed by atoms with Crippen molar-refractivity contribution in [2.45, 2.75) is 25.1 Å². The lowest BCUT2D eigenvalue weighted by Gasteiger charge is -2.12. The van der Waals surface area contributed by atoms with E-state index in [9.17, 15) is 0 Å². The fourth-order valence-corrected chi connectivity index (χ4v) is 2.91. The van der Waals surface area contributed by atoms with Crippen LogP contribution in [0.4, 0.5) is 0 Å². The number of rotatable bonds is 3. The Balaban J connectivity index is 2.98. The molecule has 0 aliphatic carbocycles. The molecule has 0 radical (unpaired) electrons. The fraction of sp³-hybridized carbons (Fsp3) is 0.400. The third kappa shape index (κ3) is 2.87. The summed E-state index contributed by atoms with van der Waals surface area (Å²) in [5, 5.41) is 0.746. The van der Waals surface area contributed by atoms with Crippen LogP contribution in [0.5, 0.6) is 0 Å². The standard InChI is InChI=1S/C10H11BrCl2/c1-2-4-8(12)10-7(11)5-3-6-9(10)13/h3,5-6,8H,2,4H2,1H3. The van der Waals surface area contributed by atoms with Crippen LogP contribution >= 0.6 is 39.1 Å². The van der Waals surface area contributed by atoms with Crippen LogP contribution in [-0.2, 0) is 0 Å². The van der Waals surface area contributed by atoms with Crippen LogP contribution in [0.1, 0.15) is 30.7 Å². The Hall–Kier alpha value is 0.280. The van der Waals surface area contributed by atoms with Crippen molar-refractivity contribution >= 4 is 39.1 Å². The molecule has 72 valence electrons. The molecule has 0 saturated carbocycles. The third-order valence-electron chi connectivity index (χ3n) is 1.86. The van der Waals surface area contributed by atoms with Gasteiger partial charge in [0.05, 0.1) is 5.38 Å². The number of benzene rings is 1. The van der Waals surface area contributed by atoms with Crippen LogP contribution in [0.25, 0.3) is 0 Å². The molecule has 0 amide bonds. The molecule has 3 heteroatoms. The van der Waals surface area contributed by atoms with E-state index >= 15 is 0 Å². The average molecular weight is 282 g/mol. The second-order valence-electron chi connectivity index (χ2n) is 2.89. The molecule has 1 rings (SSSR count). The summed E-state index contributed by atoms with van der Waals surface area (Å²) in [6.45, 7) is 2.11. The first kappa shape index (κ1) is 11.4. The van der Waals surface area contributed by atoms with Gasteiger partial charge in [-0.25, -0.2) is 0 Å². The zero-order valence-corrected chi connectivity index (χ0v) is 10.5. The third-order valence-corrected chi connectivity index (χ3v) is 3.31. The molecule has 1 atom stereocenters. The lowest BCUT2D eigenvalue weighted by molar-refractivity contribution is 0.768. The number of hydrogen-bond acceptors (Lipinski definition) is 0. The highest BCUT2D eigenvalue weighted by molar-refractivity contribution is 9.10. The van der Waals surface area contributed by atoms with E-state index in [1.165, 1.54) is 0 Å². The molecule has 1 aromatic carbocycles. The van der Waals surface area contributed by atoms with Gasteiger partial charge < -0.3 is 0 Å². The second-order valence-corrected chi connectivity index (χ2v) is 4.68. The second kappa shape index (κ2) is 5.23. The zero-order valence-electron chi connectivity index (χ0n) is 7.36. The van der Waals surface area contributed by atoms with Crippen molar-refractivity contribution in [3.05, 3.63) is 33.3 Å². The van der Waals surface area contributed by atoms with Crippen molar-refractivity contribution < 1.29 is 0 Å². The van der Waals surface area contributed by atoms with Crippen LogP contribution in [0, 0.1) is 0 Å². The summed E-state index contributed by atoms with van der Waals surface area (Å²) in [6, 6.07) is 5.74. The van der Waals surface area contributed by atoms with E-state index < -0.39 is 0 Å². The molecule has 13 heavy (non-hydrogen) atoms. The van der Waals surface area contributed by atoms with Gasteiger partial charge in [0.1, 0.15) is 0 Å². The molecule has 0 aliphatic heterocycles. The van der Waals surface area contributed by atoms with E-state index in [0.29, 0.717) is 0 Å². The highest BCUT2D eigenvalue weighted by atomic mass is 79.9. The van der Waals surface area contributed by atoms with E-state index in [-0.39, 0.29) is 5.38 Å². The Kier molecular flexibility index (Phi) is 4.57. The van der Waals surface area contributed by atoms with Crippen LogP contribution in [-0.4, -0.2) is 0 Å². The molecular formula is C10H11BrCl2. The molecule has 0 saturated heterocycles. The Morgan fingerprint density at radius 3 is 2.69 bits per heavy atom. The summed E-state index contributed by atoms with van der Waals surface area (Å²) in [4.78, 5) is 0. The van der Waals surface area contributed by atoms with Gasteiger partial charge in [-0.1, -0.05) is 46.9 Å². The van der Waals surface area contributed by atoms with Gasteiger partial charge in [0, 0.05) is 15.1 Å². The van der Waals surface area contributed by atoms with Gasteiger partial charge in [0.25, 0.3) is 0 Å². The summed E-state index contributed by atoms with van der Waals surface area (Å²) in [5.41, 5.74) is 1.01. The molecule has 0 nitrogen and oxygen atoms in total. The van der Waals surface area contributed by atoms with E-state index in [1.807, 2.05) is 18.2 Å². The number of hydrogen-bond donors (Lipinski definition) is 0. The van der Waals surface area contributed by atoms with Crippen LogP contribution in [0.15, 0.2) is 22.7 Å². The normalized spacial score (nSPS) is 12.9. The summed E-state index contributed by atoms with van der Waals surface area (Å²) in [7, 11) is 0. The maximum Gasteiger partial charge on any atom is 0.0611 e. The maximum absolute atomic E-state index is 6.20. The molecule has 0 N–H and O–H groups in total. The Labute approximate surface area is 97.4 Å². The predicted octanol–water partition coefficient (Wildman–Crippen LogP) is 5.18. The predicted molar refractivity (Wildman–Crippen MR) is 62.7 cm³/mol. The molecule has 0 aliphatic rings. The van der Waals surface area contributed by atoms with E-state index in [0.717, 1.165) is 27.9 Å². The molecular weight excluding hydrogens is 271 g/mol. The monoisotopic (exact) mass is 280 g/mol.